The van der Waals surface area contributed by atoms with Crippen molar-refractivity contribution in [2.45, 2.75) is 27.2 Å². The van der Waals surface area contributed by atoms with Crippen molar-refractivity contribution in [3.8, 4) is 5.75 Å². The zero-order chi connectivity index (χ0) is 15.7. The molecular weight excluding hydrogens is 276 g/mol. The Morgan fingerprint density at radius 1 is 1.18 bits per heavy atom. The van der Waals surface area contributed by atoms with Crippen molar-refractivity contribution in [3.05, 3.63) is 41.3 Å². The maximum atomic E-state index is 5.49. The summed E-state index contributed by atoms with van der Waals surface area (Å²) in [4.78, 5) is 11.9. The number of nitrogens with one attached hydrogen (secondary N) is 2. The normalized spacial score (nSPS) is 10.9. The molecular formula is C17H20N4O. The lowest BCUT2D eigenvalue weighted by Gasteiger charge is -2.14. The van der Waals surface area contributed by atoms with Gasteiger partial charge in [-0.1, -0.05) is 6.92 Å². The molecule has 0 saturated heterocycles. The molecule has 0 aliphatic rings. The van der Waals surface area contributed by atoms with Crippen LogP contribution in [0.5, 0.6) is 5.75 Å². The number of hydrogen-bond donors (Lipinski definition) is 2. The molecule has 2 heterocycles. The van der Waals surface area contributed by atoms with Gasteiger partial charge in [0.15, 0.2) is 0 Å². The highest BCUT2D eigenvalue weighted by Gasteiger charge is 2.13. The Balaban J connectivity index is 2.11. The van der Waals surface area contributed by atoms with Crippen molar-refractivity contribution in [2.24, 2.45) is 0 Å². The first-order valence-corrected chi connectivity index (χ1v) is 7.37. The Morgan fingerprint density at radius 3 is 2.68 bits per heavy atom. The Bertz CT molecular complexity index is 823. The average molecular weight is 296 g/mol. The van der Waals surface area contributed by atoms with Gasteiger partial charge in [-0.2, -0.15) is 0 Å². The summed E-state index contributed by atoms with van der Waals surface area (Å²) in [5.74, 6) is 1.60. The van der Waals surface area contributed by atoms with Gasteiger partial charge in [-0.15, -0.1) is 0 Å². The van der Waals surface area contributed by atoms with E-state index in [4.69, 9.17) is 4.74 Å². The van der Waals surface area contributed by atoms with Crippen LogP contribution in [-0.4, -0.2) is 22.1 Å². The number of aromatic amines is 1. The number of H-pyrrole nitrogens is 1. The third-order valence-corrected chi connectivity index (χ3v) is 4.00. The Morgan fingerprint density at radius 2 is 1.95 bits per heavy atom. The van der Waals surface area contributed by atoms with Crippen molar-refractivity contribution >= 4 is 22.5 Å². The van der Waals surface area contributed by atoms with Crippen LogP contribution < -0.4 is 10.1 Å². The molecule has 5 nitrogen and oxygen atoms in total. The molecule has 2 N–H and O–H groups in total. The molecule has 3 aromatic rings. The fourth-order valence-corrected chi connectivity index (χ4v) is 2.58. The van der Waals surface area contributed by atoms with Crippen molar-refractivity contribution < 1.29 is 4.74 Å². The number of hydrogen-bond acceptors (Lipinski definition) is 4. The first-order chi connectivity index (χ1) is 10.6. The van der Waals surface area contributed by atoms with Crippen molar-refractivity contribution in [2.75, 3.05) is 12.4 Å². The summed E-state index contributed by atoms with van der Waals surface area (Å²) in [6.45, 7) is 6.28. The molecule has 5 heteroatoms. The van der Waals surface area contributed by atoms with Crippen LogP contribution in [0.15, 0.2) is 24.7 Å². The monoisotopic (exact) mass is 296 g/mol. The molecule has 22 heavy (non-hydrogen) atoms. The highest BCUT2D eigenvalue weighted by atomic mass is 16.5. The van der Waals surface area contributed by atoms with Crippen LogP contribution in [-0.2, 0) is 6.42 Å². The van der Waals surface area contributed by atoms with E-state index in [0.717, 1.165) is 34.7 Å². The van der Waals surface area contributed by atoms with Gasteiger partial charge >= 0.3 is 0 Å². The smallest absolute Gasteiger partial charge is 0.143 e. The Kier molecular flexibility index (Phi) is 3.71. The summed E-state index contributed by atoms with van der Waals surface area (Å²) in [6, 6.07) is 4.12. The molecule has 1 aromatic carbocycles. The summed E-state index contributed by atoms with van der Waals surface area (Å²) in [5.41, 5.74) is 5.36. The molecule has 0 unspecified atom stereocenters. The maximum Gasteiger partial charge on any atom is 0.143 e. The molecule has 0 amide bonds. The molecule has 0 spiro atoms. The van der Waals surface area contributed by atoms with Crippen LogP contribution in [0.1, 0.15) is 23.6 Å². The molecule has 0 aliphatic heterocycles. The third kappa shape index (κ3) is 2.39. The van der Waals surface area contributed by atoms with Crippen LogP contribution in [0.3, 0.4) is 0 Å². The predicted molar refractivity (Wildman–Crippen MR) is 89.0 cm³/mol. The Labute approximate surface area is 129 Å². The number of methoxy groups -OCH3 is 1. The molecule has 2 aromatic heterocycles. The lowest BCUT2D eigenvalue weighted by atomic mass is 10.1. The van der Waals surface area contributed by atoms with E-state index in [1.165, 1.54) is 16.7 Å². The largest absolute Gasteiger partial charge is 0.495 e. The number of ether oxygens (including phenoxy) is 1. The van der Waals surface area contributed by atoms with E-state index in [2.05, 4.69) is 47.1 Å². The summed E-state index contributed by atoms with van der Waals surface area (Å²) in [5, 5.41) is 4.43. The van der Waals surface area contributed by atoms with E-state index in [9.17, 15) is 0 Å². The first-order valence-electron chi connectivity index (χ1n) is 7.37. The van der Waals surface area contributed by atoms with Gasteiger partial charge in [0.2, 0.25) is 0 Å². The summed E-state index contributed by atoms with van der Waals surface area (Å²) in [7, 11) is 1.68. The fourth-order valence-electron chi connectivity index (χ4n) is 2.58. The van der Waals surface area contributed by atoms with Gasteiger partial charge < -0.3 is 15.0 Å². The maximum absolute atomic E-state index is 5.49. The lowest BCUT2D eigenvalue weighted by Crippen LogP contribution is -2.00. The zero-order valence-electron chi connectivity index (χ0n) is 13.3. The van der Waals surface area contributed by atoms with Gasteiger partial charge in [0, 0.05) is 6.20 Å². The van der Waals surface area contributed by atoms with Crippen molar-refractivity contribution in [1.82, 2.24) is 15.0 Å². The van der Waals surface area contributed by atoms with Gasteiger partial charge in [0.05, 0.1) is 18.2 Å². The molecule has 0 radical (unpaired) electrons. The standard InChI is InChI=1S/C17H20N4O/c1-5-12-8-18-16-15(12)17(20-9-19-16)21-13-6-10(2)11(3)7-14(13)22-4/h6-9H,5H2,1-4H3,(H2,18,19,20,21). The first kappa shape index (κ1) is 14.4. The molecule has 0 atom stereocenters. The minimum Gasteiger partial charge on any atom is -0.495 e. The van der Waals surface area contributed by atoms with E-state index in [1.807, 2.05) is 12.3 Å². The molecule has 3 rings (SSSR count). The van der Waals surface area contributed by atoms with Crippen molar-refractivity contribution in [3.63, 3.8) is 0 Å². The molecule has 0 bridgehead atoms. The number of rotatable bonds is 4. The van der Waals surface area contributed by atoms with Gasteiger partial charge in [-0.3, -0.25) is 0 Å². The second-order valence-corrected chi connectivity index (χ2v) is 5.38. The zero-order valence-corrected chi connectivity index (χ0v) is 13.3. The number of anilines is 2. The van der Waals surface area contributed by atoms with Gasteiger partial charge in [-0.05, 0) is 49.1 Å². The summed E-state index contributed by atoms with van der Waals surface area (Å²) in [6.07, 6.45) is 4.47. The van der Waals surface area contributed by atoms with E-state index in [-0.39, 0.29) is 0 Å². The van der Waals surface area contributed by atoms with E-state index < -0.39 is 0 Å². The molecule has 114 valence electrons. The SMILES string of the molecule is CCc1c[nH]c2ncnc(Nc3cc(C)c(C)cc3OC)c12. The number of fused-ring (bicyclic) bond motifs is 1. The number of benzene rings is 1. The average Bonchev–Trinajstić information content (AvgIpc) is 2.95. The number of aromatic nitrogens is 3. The topological polar surface area (TPSA) is 62.8 Å². The minimum absolute atomic E-state index is 0.796. The van der Waals surface area contributed by atoms with Crippen LogP contribution >= 0.6 is 0 Å². The Hall–Kier alpha value is -2.56. The highest BCUT2D eigenvalue weighted by molar-refractivity contribution is 5.92. The highest BCUT2D eigenvalue weighted by Crippen LogP contribution is 2.33. The second-order valence-electron chi connectivity index (χ2n) is 5.38. The van der Waals surface area contributed by atoms with Crippen LogP contribution in [0.2, 0.25) is 0 Å². The molecule has 0 fully saturated rings. The summed E-state index contributed by atoms with van der Waals surface area (Å²) >= 11 is 0. The van der Waals surface area contributed by atoms with Gasteiger partial charge in [0.1, 0.15) is 23.5 Å². The van der Waals surface area contributed by atoms with E-state index >= 15 is 0 Å². The summed E-state index contributed by atoms with van der Waals surface area (Å²) < 4.78 is 5.49. The van der Waals surface area contributed by atoms with Gasteiger partial charge in [-0.25, -0.2) is 9.97 Å². The second kappa shape index (κ2) is 5.67. The predicted octanol–water partition coefficient (Wildman–Crippen LogP) is 3.89. The van der Waals surface area contributed by atoms with Gasteiger partial charge in [0.25, 0.3) is 0 Å². The van der Waals surface area contributed by atoms with Crippen LogP contribution in [0, 0.1) is 13.8 Å². The number of nitrogens with zero attached hydrogens (tertiary/aromatic N) is 2. The molecule has 0 saturated carbocycles. The minimum atomic E-state index is 0.796. The van der Waals surface area contributed by atoms with Crippen LogP contribution in [0.25, 0.3) is 11.0 Å². The number of aryl methyl sites for hydroxylation is 3. The molecule has 0 aliphatic carbocycles. The van der Waals surface area contributed by atoms with E-state index in [0.29, 0.717) is 0 Å². The van der Waals surface area contributed by atoms with Crippen molar-refractivity contribution in [1.29, 1.82) is 0 Å². The fraction of sp³-hybridized carbons (Fsp3) is 0.294. The third-order valence-electron chi connectivity index (χ3n) is 4.00. The van der Waals surface area contributed by atoms with Crippen LogP contribution in [0.4, 0.5) is 11.5 Å². The lowest BCUT2D eigenvalue weighted by molar-refractivity contribution is 0.416. The quantitative estimate of drug-likeness (QED) is 0.766. The van der Waals surface area contributed by atoms with E-state index in [1.54, 1.807) is 13.4 Å².